The first-order valence-electron chi connectivity index (χ1n) is 6.92. The van der Waals surface area contributed by atoms with E-state index in [1.807, 2.05) is 19.9 Å². The molecule has 0 radical (unpaired) electrons. The van der Waals surface area contributed by atoms with Gasteiger partial charge in [-0.2, -0.15) is 0 Å². The zero-order chi connectivity index (χ0) is 13.6. The minimum absolute atomic E-state index is 0.0172. The van der Waals surface area contributed by atoms with Crippen molar-refractivity contribution < 1.29 is 4.42 Å². The average Bonchev–Trinajstić information content (AvgIpc) is 2.91. The molecule has 2 heterocycles. The fourth-order valence-electron chi connectivity index (χ4n) is 3.01. The summed E-state index contributed by atoms with van der Waals surface area (Å²) in [5, 5.41) is 3.55. The van der Waals surface area contributed by atoms with Crippen molar-refractivity contribution in [2.24, 2.45) is 0 Å². The predicted octanol–water partition coefficient (Wildman–Crippen LogP) is 2.77. The van der Waals surface area contributed by atoms with Gasteiger partial charge in [0.1, 0.15) is 0 Å². The van der Waals surface area contributed by atoms with E-state index in [1.165, 1.54) is 12.0 Å². The second kappa shape index (κ2) is 4.23. The Hall–Kier alpha value is -1.55. The first kappa shape index (κ1) is 12.5. The lowest BCUT2D eigenvalue weighted by Gasteiger charge is -2.25. The van der Waals surface area contributed by atoms with Gasteiger partial charge in [-0.05, 0) is 57.9 Å². The maximum absolute atomic E-state index is 11.9. The van der Waals surface area contributed by atoms with Crippen LogP contribution < -0.4 is 11.1 Å². The van der Waals surface area contributed by atoms with E-state index >= 15 is 0 Å². The van der Waals surface area contributed by atoms with Gasteiger partial charge in [0, 0.05) is 11.6 Å². The Balaban J connectivity index is 2.19. The van der Waals surface area contributed by atoms with Crippen molar-refractivity contribution in [3.05, 3.63) is 34.3 Å². The van der Waals surface area contributed by atoms with E-state index in [1.54, 1.807) is 4.57 Å². The minimum atomic E-state index is -0.272. The summed E-state index contributed by atoms with van der Waals surface area (Å²) in [5.74, 6) is -0.272. The number of nitrogens with one attached hydrogen (secondary N) is 1. The molecule has 1 saturated heterocycles. The molecule has 102 valence electrons. The van der Waals surface area contributed by atoms with Crippen LogP contribution in [0.25, 0.3) is 11.1 Å². The minimum Gasteiger partial charge on any atom is -0.408 e. The third-order valence-electron chi connectivity index (χ3n) is 4.13. The van der Waals surface area contributed by atoms with Crippen LogP contribution in [0.2, 0.25) is 0 Å². The van der Waals surface area contributed by atoms with E-state index in [0.717, 1.165) is 18.5 Å². The summed E-state index contributed by atoms with van der Waals surface area (Å²) >= 11 is 0. The van der Waals surface area contributed by atoms with Crippen molar-refractivity contribution >= 4 is 11.1 Å². The number of fused-ring (bicyclic) bond motifs is 1. The number of rotatable bonds is 2. The van der Waals surface area contributed by atoms with Gasteiger partial charge in [0.2, 0.25) is 0 Å². The Kier molecular flexibility index (Phi) is 2.78. The van der Waals surface area contributed by atoms with Crippen molar-refractivity contribution in [3.63, 3.8) is 0 Å². The Labute approximate surface area is 112 Å². The zero-order valence-corrected chi connectivity index (χ0v) is 11.7. The van der Waals surface area contributed by atoms with Gasteiger partial charge in [-0.15, -0.1) is 0 Å². The SMILES string of the molecule is CC(C)n1c(=O)oc2ccc(C3(C)CCCN3)cc21. The van der Waals surface area contributed by atoms with Crippen LogP contribution in [0.5, 0.6) is 0 Å². The highest BCUT2D eigenvalue weighted by molar-refractivity contribution is 5.74. The van der Waals surface area contributed by atoms with Gasteiger partial charge >= 0.3 is 5.76 Å². The number of aromatic nitrogens is 1. The van der Waals surface area contributed by atoms with Crippen LogP contribution in [0, 0.1) is 0 Å². The summed E-state index contributed by atoms with van der Waals surface area (Å²) in [6.45, 7) is 7.27. The molecule has 1 aromatic carbocycles. The third-order valence-corrected chi connectivity index (χ3v) is 4.13. The molecule has 0 spiro atoms. The van der Waals surface area contributed by atoms with Crippen LogP contribution >= 0.6 is 0 Å². The summed E-state index contributed by atoms with van der Waals surface area (Å²) in [6, 6.07) is 6.18. The number of benzene rings is 1. The van der Waals surface area contributed by atoms with E-state index in [4.69, 9.17) is 4.42 Å². The topological polar surface area (TPSA) is 47.2 Å². The molecule has 1 aliphatic heterocycles. The van der Waals surface area contributed by atoms with Crippen molar-refractivity contribution in [1.29, 1.82) is 0 Å². The van der Waals surface area contributed by atoms with Crippen molar-refractivity contribution in [3.8, 4) is 0 Å². The molecule has 1 atom stereocenters. The quantitative estimate of drug-likeness (QED) is 0.903. The molecule has 1 unspecified atom stereocenters. The third kappa shape index (κ3) is 1.91. The second-order valence-corrected chi connectivity index (χ2v) is 5.88. The molecule has 1 aromatic heterocycles. The molecule has 1 fully saturated rings. The largest absolute Gasteiger partial charge is 0.420 e. The van der Waals surface area contributed by atoms with E-state index < -0.39 is 0 Å². The summed E-state index contributed by atoms with van der Waals surface area (Å²) in [6.07, 6.45) is 2.32. The van der Waals surface area contributed by atoms with Crippen LogP contribution in [-0.2, 0) is 5.54 Å². The highest BCUT2D eigenvalue weighted by atomic mass is 16.4. The Morgan fingerprint density at radius 2 is 2.21 bits per heavy atom. The first-order chi connectivity index (χ1) is 9.01. The molecule has 0 bridgehead atoms. The molecule has 0 amide bonds. The van der Waals surface area contributed by atoms with Crippen molar-refractivity contribution in [2.75, 3.05) is 6.54 Å². The van der Waals surface area contributed by atoms with Gasteiger partial charge in [-0.25, -0.2) is 4.79 Å². The Bertz CT molecular complexity index is 660. The molecule has 19 heavy (non-hydrogen) atoms. The average molecular weight is 260 g/mol. The van der Waals surface area contributed by atoms with Crippen molar-refractivity contribution in [2.45, 2.75) is 45.2 Å². The Morgan fingerprint density at radius 3 is 2.84 bits per heavy atom. The van der Waals surface area contributed by atoms with E-state index in [9.17, 15) is 4.79 Å². The van der Waals surface area contributed by atoms with Gasteiger partial charge in [0.15, 0.2) is 5.58 Å². The lowest BCUT2D eigenvalue weighted by Crippen LogP contribution is -2.33. The maximum atomic E-state index is 11.9. The van der Waals surface area contributed by atoms with Gasteiger partial charge in [-0.1, -0.05) is 6.07 Å². The summed E-state index contributed by atoms with van der Waals surface area (Å²) in [7, 11) is 0. The number of hydrogen-bond acceptors (Lipinski definition) is 3. The number of hydrogen-bond donors (Lipinski definition) is 1. The molecule has 3 rings (SSSR count). The van der Waals surface area contributed by atoms with Crippen LogP contribution in [0.4, 0.5) is 0 Å². The van der Waals surface area contributed by atoms with Gasteiger partial charge in [-0.3, -0.25) is 4.57 Å². The summed E-state index contributed by atoms with van der Waals surface area (Å²) in [4.78, 5) is 11.9. The molecule has 0 saturated carbocycles. The van der Waals surface area contributed by atoms with Crippen LogP contribution in [0.3, 0.4) is 0 Å². The molecule has 0 aliphatic carbocycles. The first-order valence-corrected chi connectivity index (χ1v) is 6.92. The molecule has 4 heteroatoms. The summed E-state index contributed by atoms with van der Waals surface area (Å²) < 4.78 is 7.02. The maximum Gasteiger partial charge on any atom is 0.420 e. The lowest BCUT2D eigenvalue weighted by molar-refractivity contribution is 0.435. The van der Waals surface area contributed by atoms with Gasteiger partial charge in [0.05, 0.1) is 5.52 Å². The second-order valence-electron chi connectivity index (χ2n) is 5.88. The predicted molar refractivity (Wildman–Crippen MR) is 75.4 cm³/mol. The summed E-state index contributed by atoms with van der Waals surface area (Å²) in [5.41, 5.74) is 2.81. The molecule has 4 nitrogen and oxygen atoms in total. The highest BCUT2D eigenvalue weighted by Crippen LogP contribution is 2.32. The molecule has 1 aliphatic rings. The molecule has 1 N–H and O–H groups in total. The normalized spacial score (nSPS) is 23.6. The highest BCUT2D eigenvalue weighted by Gasteiger charge is 2.30. The fraction of sp³-hybridized carbons (Fsp3) is 0.533. The molecular weight excluding hydrogens is 240 g/mol. The van der Waals surface area contributed by atoms with Gasteiger partial charge < -0.3 is 9.73 Å². The number of oxazole rings is 1. The smallest absolute Gasteiger partial charge is 0.408 e. The lowest BCUT2D eigenvalue weighted by atomic mass is 9.90. The molecular formula is C15H20N2O2. The van der Waals surface area contributed by atoms with E-state index in [0.29, 0.717) is 5.58 Å². The van der Waals surface area contributed by atoms with E-state index in [2.05, 4.69) is 24.4 Å². The van der Waals surface area contributed by atoms with Gasteiger partial charge in [0.25, 0.3) is 0 Å². The van der Waals surface area contributed by atoms with E-state index in [-0.39, 0.29) is 17.3 Å². The monoisotopic (exact) mass is 260 g/mol. The van der Waals surface area contributed by atoms with Crippen LogP contribution in [-0.4, -0.2) is 11.1 Å². The van der Waals surface area contributed by atoms with Crippen molar-refractivity contribution in [1.82, 2.24) is 9.88 Å². The number of nitrogens with zero attached hydrogens (tertiary/aromatic N) is 1. The fourth-order valence-corrected chi connectivity index (χ4v) is 3.01. The standard InChI is InChI=1S/C15H20N2O2/c1-10(2)17-12-9-11(15(3)7-4-8-16-15)5-6-13(12)19-14(17)18/h5-6,9-10,16H,4,7-8H2,1-3H3. The van der Waals surface area contributed by atoms with Crippen LogP contribution in [0.15, 0.2) is 27.4 Å². The van der Waals surface area contributed by atoms with Crippen LogP contribution in [0.1, 0.15) is 45.2 Å². The zero-order valence-electron chi connectivity index (χ0n) is 11.7. The molecule has 2 aromatic rings. The Morgan fingerprint density at radius 1 is 1.42 bits per heavy atom.